The van der Waals surface area contributed by atoms with Crippen molar-refractivity contribution in [3.05, 3.63) is 30.1 Å². The molecule has 0 heterocycles. The molecule has 54 valence electrons. The maximum atomic E-state index is 12.3. The summed E-state index contributed by atoms with van der Waals surface area (Å²) in [5.74, 6) is -0.291. The van der Waals surface area contributed by atoms with Gasteiger partial charge in [0.2, 0.25) is 0 Å². The quantitative estimate of drug-likeness (QED) is 0.651. The van der Waals surface area contributed by atoms with Crippen LogP contribution in [0.5, 0.6) is 0 Å². The van der Waals surface area contributed by atoms with Crippen molar-refractivity contribution >= 4 is 18.4 Å². The van der Waals surface area contributed by atoms with Crippen LogP contribution in [-0.2, 0) is 10.4 Å². The van der Waals surface area contributed by atoms with Crippen molar-refractivity contribution in [2.45, 2.75) is 4.90 Å². The average molecular weight is 176 g/mol. The van der Waals surface area contributed by atoms with Crippen molar-refractivity contribution in [1.29, 1.82) is 0 Å². The molecule has 0 aliphatic rings. The van der Waals surface area contributed by atoms with Crippen LogP contribution in [0.15, 0.2) is 29.2 Å². The zero-order chi connectivity index (χ0) is 7.56. The van der Waals surface area contributed by atoms with Crippen LogP contribution in [-0.4, -0.2) is 4.55 Å². The van der Waals surface area contributed by atoms with Crippen LogP contribution in [0.1, 0.15) is 0 Å². The van der Waals surface area contributed by atoms with Gasteiger partial charge in [0.25, 0.3) is 0 Å². The molecule has 0 aromatic heterocycles. The first-order chi connectivity index (χ1) is 4.70. The minimum absolute atomic E-state index is 0.291. The Hall–Kier alpha value is -0.240. The summed E-state index contributed by atoms with van der Waals surface area (Å²) in [5.41, 5.74) is 0. The Morgan fingerprint density at radius 1 is 1.30 bits per heavy atom. The fourth-order valence-electron chi connectivity index (χ4n) is 0.563. The highest BCUT2D eigenvalue weighted by Gasteiger charge is 1.92. The minimum Gasteiger partial charge on any atom is -0.329 e. The molecule has 0 saturated carbocycles. The van der Waals surface area contributed by atoms with Gasteiger partial charge < -0.3 is 4.55 Å². The summed E-state index contributed by atoms with van der Waals surface area (Å²) in [4.78, 5) is 0.679. The second kappa shape index (κ2) is 3.24. The molecule has 0 aliphatic carbocycles. The van der Waals surface area contributed by atoms with Gasteiger partial charge in [0, 0.05) is 4.90 Å². The molecule has 1 aromatic carbocycles. The highest BCUT2D eigenvalue weighted by Crippen LogP contribution is 2.08. The SMILES string of the molecule is OS(=P)c1ccc(F)cc1. The Kier molecular flexibility index (Phi) is 2.55. The van der Waals surface area contributed by atoms with Gasteiger partial charge in [0.15, 0.2) is 0 Å². The lowest BCUT2D eigenvalue weighted by atomic mass is 10.4. The van der Waals surface area contributed by atoms with Crippen LogP contribution in [0.3, 0.4) is 0 Å². The molecule has 1 aromatic rings. The van der Waals surface area contributed by atoms with Crippen LogP contribution in [0.2, 0.25) is 0 Å². The highest BCUT2D eigenvalue weighted by molar-refractivity contribution is 8.12. The zero-order valence-corrected chi connectivity index (χ0v) is 6.86. The first kappa shape index (κ1) is 7.86. The van der Waals surface area contributed by atoms with Gasteiger partial charge in [-0.1, -0.05) is 8.02 Å². The second-order valence-corrected chi connectivity index (χ2v) is 3.94. The maximum Gasteiger partial charge on any atom is 0.123 e. The molecule has 1 nitrogen and oxygen atoms in total. The van der Waals surface area contributed by atoms with E-state index in [0.29, 0.717) is 4.90 Å². The zero-order valence-electron chi connectivity index (χ0n) is 5.04. The third-order valence-electron chi connectivity index (χ3n) is 1.04. The van der Waals surface area contributed by atoms with Gasteiger partial charge in [0.05, 0.1) is 0 Å². The van der Waals surface area contributed by atoms with Crippen molar-refractivity contribution < 1.29 is 8.94 Å². The van der Waals surface area contributed by atoms with Gasteiger partial charge >= 0.3 is 0 Å². The predicted octanol–water partition coefficient (Wildman–Crippen LogP) is 2.33. The molecule has 4 heteroatoms. The summed E-state index contributed by atoms with van der Waals surface area (Å²) in [5, 5.41) is 0. The lowest BCUT2D eigenvalue weighted by Gasteiger charge is -1.95. The van der Waals surface area contributed by atoms with Gasteiger partial charge in [-0.2, -0.15) is 0 Å². The lowest BCUT2D eigenvalue weighted by Crippen LogP contribution is -1.83. The number of benzene rings is 1. The number of halogens is 1. The van der Waals surface area contributed by atoms with Crippen LogP contribution < -0.4 is 0 Å². The molecule has 0 saturated heterocycles. The normalized spacial score (nSPS) is 13.0. The Labute approximate surface area is 62.9 Å². The minimum atomic E-state index is -0.948. The second-order valence-electron chi connectivity index (χ2n) is 1.74. The predicted molar refractivity (Wildman–Crippen MR) is 43.0 cm³/mol. The Bertz CT molecular complexity index is 246. The summed E-state index contributed by atoms with van der Waals surface area (Å²) >= 11 is 0. The molecular weight excluding hydrogens is 170 g/mol. The highest BCUT2D eigenvalue weighted by atomic mass is 32.5. The van der Waals surface area contributed by atoms with Crippen molar-refractivity contribution in [3.8, 4) is 0 Å². The molecule has 1 N–H and O–H groups in total. The van der Waals surface area contributed by atoms with Gasteiger partial charge in [0.1, 0.15) is 5.82 Å². The van der Waals surface area contributed by atoms with Crippen LogP contribution in [0.25, 0.3) is 0 Å². The molecule has 0 fully saturated rings. The topological polar surface area (TPSA) is 20.2 Å². The third kappa shape index (κ3) is 1.87. The summed E-state index contributed by atoms with van der Waals surface area (Å²) < 4.78 is 21.2. The van der Waals surface area contributed by atoms with Crippen LogP contribution >= 0.6 is 8.02 Å². The van der Waals surface area contributed by atoms with Crippen LogP contribution in [0.4, 0.5) is 4.39 Å². The molecular formula is C6H6FOPS. The fraction of sp³-hybridized carbons (Fsp3) is 0. The van der Waals surface area contributed by atoms with Crippen LogP contribution in [0, 0.1) is 5.82 Å². The van der Waals surface area contributed by atoms with E-state index in [9.17, 15) is 4.39 Å². The van der Waals surface area contributed by atoms with E-state index in [2.05, 4.69) is 8.02 Å². The lowest BCUT2D eigenvalue weighted by molar-refractivity contribution is 0.625. The Balaban J connectivity index is 3.00. The first-order valence-corrected chi connectivity index (χ1v) is 5.01. The molecule has 1 unspecified atom stereocenters. The monoisotopic (exact) mass is 176 g/mol. The molecule has 0 spiro atoms. The van der Waals surface area contributed by atoms with Gasteiger partial charge in [-0.3, -0.25) is 0 Å². The van der Waals surface area contributed by atoms with E-state index in [4.69, 9.17) is 4.55 Å². The van der Waals surface area contributed by atoms with E-state index in [1.54, 1.807) is 0 Å². The van der Waals surface area contributed by atoms with E-state index in [1.807, 2.05) is 0 Å². The van der Waals surface area contributed by atoms with Crippen molar-refractivity contribution in [1.82, 2.24) is 0 Å². The molecule has 1 rings (SSSR count). The van der Waals surface area contributed by atoms with Gasteiger partial charge in [-0.25, -0.2) is 4.39 Å². The summed E-state index contributed by atoms with van der Waals surface area (Å²) in [7, 11) is 2.07. The van der Waals surface area contributed by atoms with Gasteiger partial charge in [-0.15, -0.1) is 0 Å². The molecule has 1 atom stereocenters. The molecule has 0 bridgehead atoms. The Morgan fingerprint density at radius 2 is 1.80 bits per heavy atom. The fourth-order valence-corrected chi connectivity index (χ4v) is 1.37. The summed E-state index contributed by atoms with van der Waals surface area (Å²) in [6.45, 7) is 0. The number of hydrogen-bond donors (Lipinski definition) is 1. The van der Waals surface area contributed by atoms with Gasteiger partial charge in [-0.05, 0) is 34.6 Å². The largest absolute Gasteiger partial charge is 0.329 e. The summed E-state index contributed by atoms with van der Waals surface area (Å²) in [6, 6.07) is 5.69. The van der Waals surface area contributed by atoms with Crippen molar-refractivity contribution in [3.63, 3.8) is 0 Å². The van der Waals surface area contributed by atoms with Crippen molar-refractivity contribution in [2.24, 2.45) is 0 Å². The Morgan fingerprint density at radius 3 is 2.20 bits per heavy atom. The van der Waals surface area contributed by atoms with E-state index >= 15 is 0 Å². The molecule has 0 amide bonds. The van der Waals surface area contributed by atoms with E-state index in [-0.39, 0.29) is 5.82 Å². The van der Waals surface area contributed by atoms with Crippen molar-refractivity contribution in [2.75, 3.05) is 0 Å². The molecule has 0 radical (unpaired) electrons. The number of hydrogen-bond acceptors (Lipinski definition) is 0. The summed E-state index contributed by atoms with van der Waals surface area (Å²) in [6.07, 6.45) is 0. The smallest absolute Gasteiger partial charge is 0.123 e. The maximum absolute atomic E-state index is 12.3. The van der Waals surface area contributed by atoms with E-state index < -0.39 is 10.4 Å². The first-order valence-electron chi connectivity index (χ1n) is 2.60. The molecule has 10 heavy (non-hydrogen) atoms. The standard InChI is InChI=1S/C6H6FOPS/c7-5-1-3-6(4-2-5)10(8)9/h1-4,8-9H. The third-order valence-corrected chi connectivity index (χ3v) is 2.46. The average Bonchev–Trinajstić information content (AvgIpc) is 1.88. The number of rotatable bonds is 1. The van der Waals surface area contributed by atoms with E-state index in [0.717, 1.165) is 0 Å². The van der Waals surface area contributed by atoms with E-state index in [1.165, 1.54) is 24.3 Å². The molecule has 0 aliphatic heterocycles.